The van der Waals surface area contributed by atoms with Crippen LogP contribution in [0.2, 0.25) is 0 Å². The zero-order chi connectivity index (χ0) is 12.8. The molecule has 18 heavy (non-hydrogen) atoms. The molecule has 0 aromatic heterocycles. The van der Waals surface area contributed by atoms with Gasteiger partial charge in [-0.15, -0.1) is 11.6 Å². The predicted octanol–water partition coefficient (Wildman–Crippen LogP) is 2.33. The Hall–Kier alpha value is -0.280. The first-order chi connectivity index (χ1) is 8.55. The van der Waals surface area contributed by atoms with Gasteiger partial charge in [-0.3, -0.25) is 4.79 Å². The molecule has 4 atom stereocenters. The van der Waals surface area contributed by atoms with Crippen LogP contribution in [0.25, 0.3) is 0 Å². The van der Waals surface area contributed by atoms with Crippen molar-refractivity contribution in [2.75, 3.05) is 20.3 Å². The Morgan fingerprint density at radius 2 is 2.00 bits per heavy atom. The lowest BCUT2D eigenvalue weighted by atomic mass is 9.49. The number of ether oxygens (including phenoxy) is 1. The van der Waals surface area contributed by atoms with Gasteiger partial charge in [0.05, 0.1) is 12.0 Å². The third kappa shape index (κ3) is 2.05. The van der Waals surface area contributed by atoms with Crippen LogP contribution in [0, 0.1) is 17.3 Å². The van der Waals surface area contributed by atoms with Crippen LogP contribution in [0.15, 0.2) is 0 Å². The van der Waals surface area contributed by atoms with Gasteiger partial charge < -0.3 is 10.1 Å². The quantitative estimate of drug-likeness (QED) is 0.630. The molecule has 0 heterocycles. The molecule has 0 aromatic rings. The Kier molecular flexibility index (Phi) is 3.10. The number of methoxy groups -OCH3 is 1. The number of carbonyl (C=O) groups is 1. The molecule has 4 heteroatoms. The summed E-state index contributed by atoms with van der Waals surface area (Å²) < 4.78 is 4.99. The van der Waals surface area contributed by atoms with E-state index in [0.717, 1.165) is 32.1 Å². The van der Waals surface area contributed by atoms with Crippen molar-refractivity contribution in [1.29, 1.82) is 0 Å². The second kappa shape index (κ2) is 4.38. The maximum atomic E-state index is 12.5. The van der Waals surface area contributed by atoms with Gasteiger partial charge in [-0.2, -0.15) is 0 Å². The summed E-state index contributed by atoms with van der Waals surface area (Å²) in [6, 6.07) is 0. The zero-order valence-corrected chi connectivity index (χ0v) is 11.8. The van der Waals surface area contributed by atoms with Crippen molar-refractivity contribution >= 4 is 17.5 Å². The zero-order valence-electron chi connectivity index (χ0n) is 11.0. The minimum atomic E-state index is -0.167. The van der Waals surface area contributed by atoms with E-state index in [4.69, 9.17) is 16.3 Å². The Morgan fingerprint density at radius 3 is 2.56 bits per heavy atom. The normalized spacial score (nSPS) is 45.2. The van der Waals surface area contributed by atoms with Crippen molar-refractivity contribution in [3.05, 3.63) is 0 Å². The Balaban J connectivity index is 1.72. The molecular weight excluding hydrogens is 250 g/mol. The third-order valence-corrected chi connectivity index (χ3v) is 5.51. The first-order valence-corrected chi connectivity index (χ1v) is 7.39. The van der Waals surface area contributed by atoms with Crippen LogP contribution in [0.5, 0.6) is 0 Å². The number of amides is 1. The van der Waals surface area contributed by atoms with E-state index < -0.39 is 0 Å². The maximum Gasteiger partial charge on any atom is 0.226 e. The molecular formula is C14H22ClNO2. The first kappa shape index (κ1) is 12.7. The van der Waals surface area contributed by atoms with Crippen molar-refractivity contribution in [3.8, 4) is 0 Å². The van der Waals surface area contributed by atoms with Crippen LogP contribution >= 0.6 is 11.6 Å². The molecule has 4 aliphatic carbocycles. The number of nitrogens with one attached hydrogen (secondary N) is 1. The van der Waals surface area contributed by atoms with E-state index in [1.165, 1.54) is 6.42 Å². The van der Waals surface area contributed by atoms with Crippen LogP contribution in [0.4, 0.5) is 0 Å². The summed E-state index contributed by atoms with van der Waals surface area (Å²) in [6.07, 6.45) is 6.53. The number of hydrogen-bond donors (Lipinski definition) is 1. The Labute approximate surface area is 114 Å². The summed E-state index contributed by atoms with van der Waals surface area (Å²) in [4.78, 5) is 12.4. The lowest BCUT2D eigenvalue weighted by molar-refractivity contribution is -0.144. The van der Waals surface area contributed by atoms with Gasteiger partial charge in [0, 0.05) is 18.5 Å². The van der Waals surface area contributed by atoms with E-state index >= 15 is 0 Å². The fraction of sp³-hybridized carbons (Fsp3) is 0.929. The topological polar surface area (TPSA) is 38.3 Å². The first-order valence-electron chi connectivity index (χ1n) is 7.01. The molecule has 1 N–H and O–H groups in total. The minimum Gasteiger partial charge on any atom is -0.383 e. The largest absolute Gasteiger partial charge is 0.383 e. The van der Waals surface area contributed by atoms with Crippen LogP contribution < -0.4 is 5.32 Å². The summed E-state index contributed by atoms with van der Waals surface area (Å²) in [5.74, 6) is 1.58. The molecule has 4 fully saturated rings. The van der Waals surface area contributed by atoms with Crippen molar-refractivity contribution < 1.29 is 9.53 Å². The van der Waals surface area contributed by atoms with Gasteiger partial charge in [0.25, 0.3) is 0 Å². The van der Waals surface area contributed by atoms with Gasteiger partial charge in [-0.25, -0.2) is 0 Å². The molecule has 4 aliphatic rings. The van der Waals surface area contributed by atoms with Crippen LogP contribution in [-0.2, 0) is 9.53 Å². The summed E-state index contributed by atoms with van der Waals surface area (Å²) in [5.41, 5.74) is -0.167. The number of alkyl halides is 1. The number of carbonyl (C=O) groups excluding carboxylic acids is 1. The number of halogens is 1. The average Bonchev–Trinajstić information content (AvgIpc) is 2.25. The van der Waals surface area contributed by atoms with Crippen molar-refractivity contribution in [1.82, 2.24) is 5.32 Å². The molecule has 0 aliphatic heterocycles. The SMILES string of the molecule is COCCNC(=O)C12C[C@@H]3C[C@@H](CC(Cl)(C3)C1)C2. The van der Waals surface area contributed by atoms with E-state index in [0.29, 0.717) is 25.0 Å². The van der Waals surface area contributed by atoms with Crippen molar-refractivity contribution in [3.63, 3.8) is 0 Å². The summed E-state index contributed by atoms with van der Waals surface area (Å²) in [5, 5.41) is 3.04. The highest BCUT2D eigenvalue weighted by molar-refractivity contribution is 6.24. The average molecular weight is 272 g/mol. The highest BCUT2D eigenvalue weighted by atomic mass is 35.5. The van der Waals surface area contributed by atoms with Gasteiger partial charge in [0.15, 0.2) is 0 Å². The molecule has 102 valence electrons. The van der Waals surface area contributed by atoms with Crippen LogP contribution in [0.3, 0.4) is 0 Å². The summed E-state index contributed by atoms with van der Waals surface area (Å²) in [6.45, 7) is 1.20. The maximum absolute atomic E-state index is 12.5. The van der Waals surface area contributed by atoms with Gasteiger partial charge in [0.1, 0.15) is 0 Å². The molecule has 1 amide bonds. The Bertz CT molecular complexity index is 344. The second-order valence-corrected chi connectivity index (χ2v) is 7.44. The fourth-order valence-electron chi connectivity index (χ4n) is 4.87. The molecule has 0 aromatic carbocycles. The smallest absolute Gasteiger partial charge is 0.226 e. The predicted molar refractivity (Wildman–Crippen MR) is 70.6 cm³/mol. The van der Waals surface area contributed by atoms with E-state index in [2.05, 4.69) is 5.32 Å². The third-order valence-electron chi connectivity index (χ3n) is 5.06. The molecule has 0 spiro atoms. The van der Waals surface area contributed by atoms with Crippen LogP contribution in [-0.4, -0.2) is 31.0 Å². The Morgan fingerprint density at radius 1 is 1.33 bits per heavy atom. The standard InChI is InChI=1S/C14H22ClNO2/c1-18-3-2-16-12(17)13-5-10-4-11(6-13)8-14(15,7-10)9-13/h10-11H,2-9H2,1H3,(H,16,17)/t10-,11+,13?,14?. The molecule has 3 nitrogen and oxygen atoms in total. The lowest BCUT2D eigenvalue weighted by Gasteiger charge is -2.59. The van der Waals surface area contributed by atoms with E-state index in [1.54, 1.807) is 7.11 Å². The van der Waals surface area contributed by atoms with E-state index in [-0.39, 0.29) is 16.2 Å². The van der Waals surface area contributed by atoms with Gasteiger partial charge in [-0.1, -0.05) is 0 Å². The van der Waals surface area contributed by atoms with E-state index in [9.17, 15) is 4.79 Å². The minimum absolute atomic E-state index is 0.0807. The molecule has 4 rings (SSSR count). The van der Waals surface area contributed by atoms with Gasteiger partial charge in [-0.05, 0) is 50.4 Å². The molecule has 4 saturated carbocycles. The molecule has 2 unspecified atom stereocenters. The van der Waals surface area contributed by atoms with Crippen LogP contribution in [0.1, 0.15) is 38.5 Å². The van der Waals surface area contributed by atoms with Gasteiger partial charge >= 0.3 is 0 Å². The molecule has 4 bridgehead atoms. The number of rotatable bonds is 4. The highest BCUT2D eigenvalue weighted by Crippen LogP contribution is 2.63. The molecule has 0 radical (unpaired) electrons. The van der Waals surface area contributed by atoms with Crippen molar-refractivity contribution in [2.24, 2.45) is 17.3 Å². The summed E-state index contributed by atoms with van der Waals surface area (Å²) >= 11 is 6.72. The number of hydrogen-bond acceptors (Lipinski definition) is 2. The van der Waals surface area contributed by atoms with E-state index in [1.807, 2.05) is 0 Å². The fourth-order valence-corrected chi connectivity index (χ4v) is 5.56. The van der Waals surface area contributed by atoms with Gasteiger partial charge in [0.2, 0.25) is 5.91 Å². The highest BCUT2D eigenvalue weighted by Gasteiger charge is 2.59. The second-order valence-electron chi connectivity index (χ2n) is 6.64. The van der Waals surface area contributed by atoms with Crippen molar-refractivity contribution in [2.45, 2.75) is 43.4 Å². The lowest BCUT2D eigenvalue weighted by Crippen LogP contribution is -2.58. The summed E-state index contributed by atoms with van der Waals surface area (Å²) in [7, 11) is 1.66. The monoisotopic (exact) mass is 271 g/mol. The molecule has 0 saturated heterocycles.